The number of carbonyl (C=O) groups excluding carboxylic acids is 1. The minimum absolute atomic E-state index is 0.126. The average molecular weight is 391 g/mol. The van der Waals surface area contributed by atoms with Crippen molar-refractivity contribution >= 4 is 17.2 Å². The number of ether oxygens (including phenoxy) is 1. The monoisotopic (exact) mass is 391 g/mol. The summed E-state index contributed by atoms with van der Waals surface area (Å²) in [5, 5.41) is 13.6. The number of phenols is 1. The van der Waals surface area contributed by atoms with Crippen LogP contribution in [-0.2, 0) is 5.41 Å². The molecule has 0 radical (unpaired) electrons. The van der Waals surface area contributed by atoms with E-state index in [1.807, 2.05) is 42.5 Å². The van der Waals surface area contributed by atoms with Gasteiger partial charge in [-0.15, -0.1) is 6.42 Å². The molecular weight excluding hydrogens is 374 g/mol. The largest absolute Gasteiger partial charge is 0.508 e. The zero-order chi connectivity index (χ0) is 20.5. The summed E-state index contributed by atoms with van der Waals surface area (Å²) in [7, 11) is 0. The number of Topliss-reactive ketones (excluding diaryl/α,β-unsaturated/α-hetero) is 1. The van der Waals surface area contributed by atoms with E-state index in [4.69, 9.17) is 11.2 Å². The van der Waals surface area contributed by atoms with Crippen molar-refractivity contribution in [3.8, 4) is 23.8 Å². The van der Waals surface area contributed by atoms with Crippen LogP contribution in [0.3, 0.4) is 0 Å². The van der Waals surface area contributed by atoms with Gasteiger partial charge in [-0.1, -0.05) is 42.3 Å². The number of carbonyl (C=O) groups is 1. The van der Waals surface area contributed by atoms with E-state index in [-0.39, 0.29) is 18.1 Å². The predicted molar refractivity (Wildman–Crippen MR) is 114 cm³/mol. The second-order valence-corrected chi connectivity index (χ2v) is 7.81. The third-order valence-electron chi connectivity index (χ3n) is 6.29. The van der Waals surface area contributed by atoms with Crippen molar-refractivity contribution in [2.45, 2.75) is 11.8 Å². The minimum Gasteiger partial charge on any atom is -0.508 e. The molecule has 1 spiro atoms. The first-order valence-electron chi connectivity index (χ1n) is 9.82. The van der Waals surface area contributed by atoms with Gasteiger partial charge in [0.15, 0.2) is 5.78 Å². The van der Waals surface area contributed by atoms with Crippen LogP contribution in [0.25, 0.3) is 0 Å². The normalized spacial score (nSPS) is 19.8. The van der Waals surface area contributed by atoms with E-state index >= 15 is 0 Å². The maximum absolute atomic E-state index is 13.0. The van der Waals surface area contributed by atoms with Gasteiger partial charge in [-0.3, -0.25) is 4.79 Å². The van der Waals surface area contributed by atoms with Gasteiger partial charge in [-0.2, -0.15) is 0 Å². The van der Waals surface area contributed by atoms with Crippen LogP contribution < -0.4 is 10.1 Å². The molecule has 144 valence electrons. The number of ketones is 1. The molecular formula is C26H17NO3. The second-order valence-electron chi connectivity index (χ2n) is 7.81. The zero-order valence-electron chi connectivity index (χ0n) is 16.0. The number of anilines is 2. The summed E-state index contributed by atoms with van der Waals surface area (Å²) in [5.74, 6) is 3.47. The molecule has 0 amide bonds. The van der Waals surface area contributed by atoms with Crippen LogP contribution in [0.5, 0.6) is 11.5 Å². The lowest BCUT2D eigenvalue weighted by Gasteiger charge is -2.42. The molecule has 1 atom stereocenters. The first-order chi connectivity index (χ1) is 14.6. The second kappa shape index (κ2) is 5.77. The minimum atomic E-state index is -0.561. The molecule has 1 heterocycles. The van der Waals surface area contributed by atoms with Gasteiger partial charge in [0.05, 0.1) is 5.41 Å². The van der Waals surface area contributed by atoms with E-state index in [0.29, 0.717) is 12.2 Å². The Kier molecular flexibility index (Phi) is 3.26. The van der Waals surface area contributed by atoms with E-state index in [1.165, 1.54) is 0 Å². The van der Waals surface area contributed by atoms with Gasteiger partial charge >= 0.3 is 0 Å². The molecule has 6 rings (SSSR count). The van der Waals surface area contributed by atoms with Gasteiger partial charge in [-0.25, -0.2) is 0 Å². The highest BCUT2D eigenvalue weighted by Gasteiger charge is 2.56. The smallest absolute Gasteiger partial charge is 0.189 e. The van der Waals surface area contributed by atoms with Gasteiger partial charge in [0.25, 0.3) is 0 Å². The summed E-state index contributed by atoms with van der Waals surface area (Å²) in [5.41, 5.74) is 7.00. The van der Waals surface area contributed by atoms with E-state index in [1.54, 1.807) is 12.1 Å². The Morgan fingerprint density at radius 3 is 2.63 bits per heavy atom. The molecule has 3 aromatic rings. The molecule has 30 heavy (non-hydrogen) atoms. The fourth-order valence-corrected chi connectivity index (χ4v) is 5.08. The number of allylic oxidation sites excluding steroid dienone is 2. The van der Waals surface area contributed by atoms with Crippen LogP contribution >= 0.6 is 0 Å². The lowest BCUT2D eigenvalue weighted by Crippen LogP contribution is -2.36. The lowest BCUT2D eigenvalue weighted by atomic mass is 9.62. The highest BCUT2D eigenvalue weighted by atomic mass is 16.5. The summed E-state index contributed by atoms with van der Waals surface area (Å²) in [6.45, 7) is 0.188. The molecule has 2 N–H and O–H groups in total. The van der Waals surface area contributed by atoms with Crippen LogP contribution in [0, 0.1) is 12.3 Å². The molecule has 0 aromatic heterocycles. The van der Waals surface area contributed by atoms with Gasteiger partial charge in [-0.05, 0) is 40.8 Å². The fraction of sp³-hybridized carbons (Fsp3) is 0.115. The summed E-state index contributed by atoms with van der Waals surface area (Å²) >= 11 is 0. The number of hydrogen-bond acceptors (Lipinski definition) is 4. The third-order valence-corrected chi connectivity index (χ3v) is 6.29. The van der Waals surface area contributed by atoms with Crippen molar-refractivity contribution in [1.29, 1.82) is 0 Å². The van der Waals surface area contributed by atoms with Crippen LogP contribution in [0.2, 0.25) is 0 Å². The zero-order valence-corrected chi connectivity index (χ0v) is 16.0. The summed E-state index contributed by atoms with van der Waals surface area (Å²) < 4.78 is 5.64. The number of phenolic OH excluding ortho intramolecular Hbond substituents is 1. The molecule has 1 aliphatic heterocycles. The molecule has 4 heteroatoms. The Hall–Kier alpha value is -3.97. The van der Waals surface area contributed by atoms with Gasteiger partial charge in [0.2, 0.25) is 0 Å². The molecule has 0 saturated heterocycles. The SMILES string of the molecule is C#CCOc1ccc2c(c1)Nc1cc(O)ccc1C21C2=C(C2)C(=O)c2ccccc21. The van der Waals surface area contributed by atoms with E-state index in [9.17, 15) is 9.90 Å². The number of hydrogen-bond donors (Lipinski definition) is 2. The fourth-order valence-electron chi connectivity index (χ4n) is 5.08. The predicted octanol–water partition coefficient (Wildman–Crippen LogP) is 4.69. The lowest BCUT2D eigenvalue weighted by molar-refractivity contribution is 0.103. The van der Waals surface area contributed by atoms with Crippen molar-refractivity contribution in [2.75, 3.05) is 11.9 Å². The number of rotatable bonds is 2. The number of benzene rings is 3. The topological polar surface area (TPSA) is 58.6 Å². The first-order valence-corrected chi connectivity index (χ1v) is 9.82. The molecule has 3 aromatic carbocycles. The Labute approximate surface area is 173 Å². The van der Waals surface area contributed by atoms with Crippen molar-refractivity contribution < 1.29 is 14.6 Å². The van der Waals surface area contributed by atoms with Crippen LogP contribution in [0.1, 0.15) is 33.5 Å². The van der Waals surface area contributed by atoms with Gasteiger partial charge in [0.1, 0.15) is 18.1 Å². The number of nitrogens with one attached hydrogen (secondary N) is 1. The number of terminal acetylenes is 1. The maximum atomic E-state index is 13.0. The molecule has 0 saturated carbocycles. The molecule has 0 bridgehead atoms. The van der Waals surface area contributed by atoms with Crippen LogP contribution in [0.4, 0.5) is 11.4 Å². The maximum Gasteiger partial charge on any atom is 0.189 e. The summed E-state index contributed by atoms with van der Waals surface area (Å²) in [6.07, 6.45) is 6.04. The van der Waals surface area contributed by atoms with E-state index in [0.717, 1.165) is 44.8 Å². The standard InChI is InChI=1S/C26H17NO3/c1-2-11-30-16-8-10-21-24(13-16)27-23-12-15(28)7-9-20(23)26(21)19-6-4-3-5-17(19)25(29)18-14-22(18)26/h1,3-10,12-13,27-28H,11,14H2. The van der Waals surface area contributed by atoms with Crippen molar-refractivity contribution in [3.05, 3.63) is 94.1 Å². The highest BCUT2D eigenvalue weighted by Crippen LogP contribution is 2.63. The van der Waals surface area contributed by atoms with Gasteiger partial charge < -0.3 is 15.2 Å². The van der Waals surface area contributed by atoms with Crippen LogP contribution in [-0.4, -0.2) is 17.5 Å². The molecule has 4 nitrogen and oxygen atoms in total. The summed E-state index contributed by atoms with van der Waals surface area (Å²) in [6, 6.07) is 19.2. The van der Waals surface area contributed by atoms with Crippen LogP contribution in [0.15, 0.2) is 71.8 Å². The summed E-state index contributed by atoms with van der Waals surface area (Å²) in [4.78, 5) is 13.0. The Balaban J connectivity index is 1.69. The van der Waals surface area contributed by atoms with E-state index < -0.39 is 5.41 Å². The Morgan fingerprint density at radius 1 is 1.03 bits per heavy atom. The van der Waals surface area contributed by atoms with Crippen molar-refractivity contribution in [1.82, 2.24) is 0 Å². The quantitative estimate of drug-likeness (QED) is 0.622. The third kappa shape index (κ3) is 2.04. The Bertz CT molecular complexity index is 1340. The molecule has 2 aliphatic carbocycles. The molecule has 1 unspecified atom stereocenters. The van der Waals surface area contributed by atoms with Crippen molar-refractivity contribution in [3.63, 3.8) is 0 Å². The number of aromatic hydroxyl groups is 1. The Morgan fingerprint density at radius 2 is 1.80 bits per heavy atom. The number of fused-ring (bicyclic) bond motifs is 7. The molecule has 0 fully saturated rings. The average Bonchev–Trinajstić information content (AvgIpc) is 3.56. The highest BCUT2D eigenvalue weighted by molar-refractivity contribution is 6.17. The van der Waals surface area contributed by atoms with Crippen molar-refractivity contribution in [2.24, 2.45) is 0 Å². The van der Waals surface area contributed by atoms with Gasteiger partial charge in [0, 0.05) is 34.6 Å². The first kappa shape index (κ1) is 16.9. The molecule has 3 aliphatic rings. The van der Waals surface area contributed by atoms with E-state index in [2.05, 4.69) is 17.3 Å².